The van der Waals surface area contributed by atoms with E-state index in [9.17, 15) is 4.79 Å². The molecule has 0 bridgehead atoms. The average molecular weight is 222 g/mol. The number of methoxy groups -OCH3 is 1. The minimum absolute atomic E-state index is 0.211. The summed E-state index contributed by atoms with van der Waals surface area (Å²) in [6, 6.07) is 9.66. The van der Waals surface area contributed by atoms with Gasteiger partial charge in [0.25, 0.3) is 0 Å². The van der Waals surface area contributed by atoms with E-state index in [0.717, 1.165) is 5.56 Å². The third-order valence-corrected chi connectivity index (χ3v) is 2.44. The van der Waals surface area contributed by atoms with Crippen LogP contribution in [0, 0.1) is 0 Å². The van der Waals surface area contributed by atoms with E-state index in [-0.39, 0.29) is 24.8 Å². The molecule has 1 fully saturated rings. The van der Waals surface area contributed by atoms with Crippen molar-refractivity contribution >= 4 is 5.97 Å². The fraction of sp³-hybridized carbons (Fsp3) is 0.417. The van der Waals surface area contributed by atoms with Crippen molar-refractivity contribution in [3.63, 3.8) is 0 Å². The molecular weight excluding hydrogens is 208 g/mol. The molecule has 0 N–H and O–H groups in total. The van der Waals surface area contributed by atoms with Crippen LogP contribution in [0.3, 0.4) is 0 Å². The van der Waals surface area contributed by atoms with Gasteiger partial charge in [-0.05, 0) is 0 Å². The molecule has 1 unspecified atom stereocenters. The lowest BCUT2D eigenvalue weighted by molar-refractivity contribution is -0.143. The van der Waals surface area contributed by atoms with Gasteiger partial charge in [0.2, 0.25) is 0 Å². The minimum Gasteiger partial charge on any atom is -0.469 e. The van der Waals surface area contributed by atoms with Crippen LogP contribution in [0.1, 0.15) is 18.3 Å². The summed E-state index contributed by atoms with van der Waals surface area (Å²) in [5.74, 6) is -0.276. The summed E-state index contributed by atoms with van der Waals surface area (Å²) in [5.41, 5.74) is 0.967. The highest BCUT2D eigenvalue weighted by Crippen LogP contribution is 2.27. The molecule has 0 spiro atoms. The lowest BCUT2D eigenvalue weighted by atomic mass is 10.2. The van der Waals surface area contributed by atoms with Crippen LogP contribution in [-0.2, 0) is 19.0 Å². The third-order valence-electron chi connectivity index (χ3n) is 2.44. The number of esters is 1. The van der Waals surface area contributed by atoms with Crippen molar-refractivity contribution in [2.24, 2.45) is 0 Å². The molecule has 1 aliphatic heterocycles. The molecular formula is C12H14O4. The fourth-order valence-electron chi connectivity index (χ4n) is 1.61. The van der Waals surface area contributed by atoms with Crippen LogP contribution >= 0.6 is 0 Å². The van der Waals surface area contributed by atoms with Gasteiger partial charge in [-0.2, -0.15) is 0 Å². The van der Waals surface area contributed by atoms with Gasteiger partial charge in [0.1, 0.15) is 0 Å². The first kappa shape index (κ1) is 11.1. The second-order valence-electron chi connectivity index (χ2n) is 3.61. The Kier molecular flexibility index (Phi) is 3.54. The summed E-state index contributed by atoms with van der Waals surface area (Å²) in [4.78, 5) is 11.1. The zero-order chi connectivity index (χ0) is 11.4. The molecule has 0 aromatic heterocycles. The Bertz CT molecular complexity index is 349. The van der Waals surface area contributed by atoms with E-state index >= 15 is 0 Å². The SMILES string of the molecule is COC(=O)CC1CO[C@@H](c2ccccc2)O1. The molecule has 1 saturated heterocycles. The molecule has 86 valence electrons. The maximum atomic E-state index is 11.1. The zero-order valence-corrected chi connectivity index (χ0v) is 9.09. The number of carbonyl (C=O) groups is 1. The van der Waals surface area contributed by atoms with Gasteiger partial charge in [-0.15, -0.1) is 0 Å². The van der Waals surface area contributed by atoms with E-state index in [4.69, 9.17) is 9.47 Å². The number of ether oxygens (including phenoxy) is 3. The highest BCUT2D eigenvalue weighted by atomic mass is 16.7. The number of hydrogen-bond acceptors (Lipinski definition) is 4. The van der Waals surface area contributed by atoms with Crippen molar-refractivity contribution in [1.82, 2.24) is 0 Å². The topological polar surface area (TPSA) is 44.8 Å². The van der Waals surface area contributed by atoms with Crippen LogP contribution < -0.4 is 0 Å². The maximum absolute atomic E-state index is 11.1. The molecule has 2 atom stereocenters. The molecule has 4 heteroatoms. The smallest absolute Gasteiger partial charge is 0.308 e. The zero-order valence-electron chi connectivity index (χ0n) is 9.09. The van der Waals surface area contributed by atoms with Crippen LogP contribution in [0.25, 0.3) is 0 Å². The molecule has 1 aliphatic rings. The first-order valence-electron chi connectivity index (χ1n) is 5.18. The molecule has 4 nitrogen and oxygen atoms in total. The summed E-state index contributed by atoms with van der Waals surface area (Å²) in [6.07, 6.45) is -0.340. The Morgan fingerprint density at radius 3 is 2.88 bits per heavy atom. The lowest BCUT2D eigenvalue weighted by Gasteiger charge is -2.10. The largest absolute Gasteiger partial charge is 0.469 e. The van der Waals surface area contributed by atoms with Crippen molar-refractivity contribution in [1.29, 1.82) is 0 Å². The predicted octanol–water partition coefficient (Wildman–Crippen LogP) is 1.66. The second-order valence-corrected chi connectivity index (χ2v) is 3.61. The molecule has 1 aromatic carbocycles. The quantitative estimate of drug-likeness (QED) is 0.730. The normalized spacial score (nSPS) is 24.3. The molecule has 16 heavy (non-hydrogen) atoms. The van der Waals surface area contributed by atoms with E-state index in [1.165, 1.54) is 7.11 Å². The van der Waals surface area contributed by atoms with Gasteiger partial charge < -0.3 is 14.2 Å². The van der Waals surface area contributed by atoms with Gasteiger partial charge in [-0.1, -0.05) is 30.3 Å². The summed E-state index contributed by atoms with van der Waals surface area (Å²) in [7, 11) is 1.37. The highest BCUT2D eigenvalue weighted by Gasteiger charge is 2.28. The first-order chi connectivity index (χ1) is 7.79. The van der Waals surface area contributed by atoms with Crippen molar-refractivity contribution in [2.75, 3.05) is 13.7 Å². The predicted molar refractivity (Wildman–Crippen MR) is 56.6 cm³/mol. The van der Waals surface area contributed by atoms with Crippen LogP contribution in [-0.4, -0.2) is 25.8 Å². The van der Waals surface area contributed by atoms with Gasteiger partial charge in [-0.3, -0.25) is 4.79 Å². The number of hydrogen-bond donors (Lipinski definition) is 0. The first-order valence-corrected chi connectivity index (χ1v) is 5.18. The molecule has 0 amide bonds. The van der Waals surface area contributed by atoms with Gasteiger partial charge >= 0.3 is 5.97 Å². The van der Waals surface area contributed by atoms with E-state index in [1.54, 1.807) is 0 Å². The lowest BCUT2D eigenvalue weighted by Crippen LogP contribution is -2.16. The Balaban J connectivity index is 1.91. The molecule has 1 heterocycles. The third kappa shape index (κ3) is 2.59. The van der Waals surface area contributed by atoms with E-state index in [2.05, 4.69) is 4.74 Å². The average Bonchev–Trinajstić information content (AvgIpc) is 2.78. The van der Waals surface area contributed by atoms with Crippen LogP contribution in [0.5, 0.6) is 0 Å². The molecule has 0 aliphatic carbocycles. The highest BCUT2D eigenvalue weighted by molar-refractivity contribution is 5.69. The molecule has 0 saturated carbocycles. The number of benzene rings is 1. The Morgan fingerprint density at radius 1 is 1.44 bits per heavy atom. The monoisotopic (exact) mass is 222 g/mol. The summed E-state index contributed by atoms with van der Waals surface area (Å²) in [5, 5.41) is 0. The van der Waals surface area contributed by atoms with E-state index in [0.29, 0.717) is 6.61 Å². The van der Waals surface area contributed by atoms with Crippen molar-refractivity contribution < 1.29 is 19.0 Å². The fourth-order valence-corrected chi connectivity index (χ4v) is 1.61. The molecule has 0 radical (unpaired) electrons. The van der Waals surface area contributed by atoms with Crippen LogP contribution in [0.2, 0.25) is 0 Å². The van der Waals surface area contributed by atoms with Crippen LogP contribution in [0.4, 0.5) is 0 Å². The van der Waals surface area contributed by atoms with E-state index < -0.39 is 0 Å². The van der Waals surface area contributed by atoms with Crippen LogP contribution in [0.15, 0.2) is 30.3 Å². The van der Waals surface area contributed by atoms with Crippen molar-refractivity contribution in [2.45, 2.75) is 18.8 Å². The van der Waals surface area contributed by atoms with Gasteiger partial charge in [0, 0.05) is 5.56 Å². The van der Waals surface area contributed by atoms with Gasteiger partial charge in [0.15, 0.2) is 6.29 Å². The molecule has 2 rings (SSSR count). The van der Waals surface area contributed by atoms with E-state index in [1.807, 2.05) is 30.3 Å². The maximum Gasteiger partial charge on any atom is 0.308 e. The summed E-state index contributed by atoms with van der Waals surface area (Å²) >= 11 is 0. The minimum atomic E-state index is -0.365. The Morgan fingerprint density at radius 2 is 2.19 bits per heavy atom. The number of rotatable bonds is 3. The Hall–Kier alpha value is -1.39. The van der Waals surface area contributed by atoms with Crippen molar-refractivity contribution in [3.8, 4) is 0 Å². The summed E-state index contributed by atoms with van der Waals surface area (Å²) < 4.78 is 15.6. The second kappa shape index (κ2) is 5.09. The number of carbonyl (C=O) groups excluding carboxylic acids is 1. The standard InChI is InChI=1S/C12H14O4/c1-14-11(13)7-10-8-15-12(16-10)9-5-3-2-4-6-9/h2-6,10,12H,7-8H2,1H3/t10?,12-/m1/s1. The summed E-state index contributed by atoms with van der Waals surface area (Å²) in [6.45, 7) is 0.425. The van der Waals surface area contributed by atoms with Gasteiger partial charge in [0.05, 0.1) is 26.2 Å². The Labute approximate surface area is 94.1 Å². The van der Waals surface area contributed by atoms with Crippen molar-refractivity contribution in [3.05, 3.63) is 35.9 Å². The van der Waals surface area contributed by atoms with Gasteiger partial charge in [-0.25, -0.2) is 0 Å². The molecule has 1 aromatic rings.